The van der Waals surface area contributed by atoms with Gasteiger partial charge in [-0.1, -0.05) is 25.1 Å². The lowest BCUT2D eigenvalue weighted by Crippen LogP contribution is -2.30. The van der Waals surface area contributed by atoms with Crippen molar-refractivity contribution in [2.24, 2.45) is 5.92 Å². The second kappa shape index (κ2) is 7.51. The van der Waals surface area contributed by atoms with Crippen LogP contribution in [0.1, 0.15) is 25.3 Å². The van der Waals surface area contributed by atoms with Gasteiger partial charge in [-0.25, -0.2) is 0 Å². The van der Waals surface area contributed by atoms with Gasteiger partial charge in [0, 0.05) is 25.2 Å². The Morgan fingerprint density at radius 2 is 2.11 bits per heavy atom. The zero-order valence-electron chi connectivity index (χ0n) is 12.2. The van der Waals surface area contributed by atoms with Crippen LogP contribution in [0.2, 0.25) is 0 Å². The van der Waals surface area contributed by atoms with Crippen LogP contribution in [0, 0.1) is 5.92 Å². The van der Waals surface area contributed by atoms with E-state index in [4.69, 9.17) is 4.74 Å². The summed E-state index contributed by atoms with van der Waals surface area (Å²) in [5, 5.41) is 3.18. The van der Waals surface area contributed by atoms with Crippen LogP contribution in [-0.4, -0.2) is 38.2 Å². The summed E-state index contributed by atoms with van der Waals surface area (Å²) in [7, 11) is 1.96. The number of likely N-dealkylation sites (N-methyl/N-ethyl adjacent to an activating group) is 1. The van der Waals surface area contributed by atoms with E-state index in [-0.39, 0.29) is 0 Å². The molecular formula is C16H26N2O. The summed E-state index contributed by atoms with van der Waals surface area (Å²) >= 11 is 0. The fourth-order valence-electron chi connectivity index (χ4n) is 2.31. The van der Waals surface area contributed by atoms with Crippen molar-refractivity contribution >= 4 is 0 Å². The Labute approximate surface area is 116 Å². The minimum absolute atomic E-state index is 0.779. The van der Waals surface area contributed by atoms with Gasteiger partial charge in [0.15, 0.2) is 0 Å². The number of ether oxygens (including phenoxy) is 1. The summed E-state index contributed by atoms with van der Waals surface area (Å²) < 4.78 is 5.94. The molecule has 0 radical (unpaired) electrons. The van der Waals surface area contributed by atoms with Crippen molar-refractivity contribution in [3.63, 3.8) is 0 Å². The molecule has 1 fully saturated rings. The molecule has 1 N–H and O–H groups in total. The fourth-order valence-corrected chi connectivity index (χ4v) is 2.31. The maximum Gasteiger partial charge on any atom is 0.123 e. The molecule has 0 saturated heterocycles. The Balaban J connectivity index is 1.77. The first-order valence-electron chi connectivity index (χ1n) is 7.41. The van der Waals surface area contributed by atoms with Gasteiger partial charge in [0.2, 0.25) is 0 Å². The molecule has 1 aliphatic carbocycles. The van der Waals surface area contributed by atoms with Crippen molar-refractivity contribution in [3.8, 4) is 5.75 Å². The monoisotopic (exact) mass is 262 g/mol. The van der Waals surface area contributed by atoms with Crippen molar-refractivity contribution in [3.05, 3.63) is 29.8 Å². The summed E-state index contributed by atoms with van der Waals surface area (Å²) in [5.41, 5.74) is 1.23. The summed E-state index contributed by atoms with van der Waals surface area (Å²) in [6, 6.07) is 8.28. The zero-order chi connectivity index (χ0) is 13.5. The molecule has 0 atom stereocenters. The molecule has 0 unspecified atom stereocenters. The molecule has 1 aromatic carbocycles. The Bertz CT molecular complexity index is 377. The number of nitrogens with zero attached hydrogens (tertiary/aromatic N) is 1. The number of hydrogen-bond acceptors (Lipinski definition) is 3. The Hall–Kier alpha value is -1.06. The molecule has 2 rings (SSSR count). The highest BCUT2D eigenvalue weighted by Gasteiger charge is 2.23. The summed E-state index contributed by atoms with van der Waals surface area (Å²) in [6.07, 6.45) is 2.84. The van der Waals surface area contributed by atoms with Gasteiger partial charge in [0.05, 0.1) is 0 Å². The van der Waals surface area contributed by atoms with Gasteiger partial charge in [-0.3, -0.25) is 4.90 Å². The predicted molar refractivity (Wildman–Crippen MR) is 79.5 cm³/mol. The van der Waals surface area contributed by atoms with Gasteiger partial charge in [-0.2, -0.15) is 0 Å². The average molecular weight is 262 g/mol. The first-order valence-corrected chi connectivity index (χ1v) is 7.41. The van der Waals surface area contributed by atoms with Crippen molar-refractivity contribution < 1.29 is 4.74 Å². The van der Waals surface area contributed by atoms with E-state index in [1.54, 1.807) is 0 Å². The third-order valence-electron chi connectivity index (χ3n) is 3.67. The van der Waals surface area contributed by atoms with Gasteiger partial charge in [-0.05, 0) is 38.4 Å². The van der Waals surface area contributed by atoms with Gasteiger partial charge < -0.3 is 10.1 Å². The van der Waals surface area contributed by atoms with Gasteiger partial charge in [0.25, 0.3) is 0 Å². The molecule has 1 aliphatic rings. The SMILES string of the molecule is CCN(CCOc1ccccc1CNC)CC1CC1. The van der Waals surface area contributed by atoms with Crippen LogP contribution in [0.5, 0.6) is 5.75 Å². The number of para-hydroxylation sites is 1. The van der Waals surface area contributed by atoms with Crippen molar-refractivity contribution in [2.75, 3.05) is 33.3 Å². The zero-order valence-corrected chi connectivity index (χ0v) is 12.2. The Morgan fingerprint density at radius 1 is 1.32 bits per heavy atom. The number of benzene rings is 1. The number of hydrogen-bond donors (Lipinski definition) is 1. The quantitative estimate of drug-likeness (QED) is 0.740. The smallest absolute Gasteiger partial charge is 0.123 e. The van der Waals surface area contributed by atoms with Gasteiger partial charge in [-0.15, -0.1) is 0 Å². The molecule has 106 valence electrons. The van der Waals surface area contributed by atoms with E-state index < -0.39 is 0 Å². The molecule has 0 heterocycles. The topological polar surface area (TPSA) is 24.5 Å². The van der Waals surface area contributed by atoms with E-state index >= 15 is 0 Å². The first kappa shape index (κ1) is 14.4. The largest absolute Gasteiger partial charge is 0.492 e. The second-order valence-corrected chi connectivity index (χ2v) is 5.32. The molecule has 0 aromatic heterocycles. The molecule has 0 bridgehead atoms. The second-order valence-electron chi connectivity index (χ2n) is 5.32. The highest BCUT2D eigenvalue weighted by Crippen LogP contribution is 2.29. The lowest BCUT2D eigenvalue weighted by atomic mass is 10.2. The van der Waals surface area contributed by atoms with Crippen LogP contribution in [0.15, 0.2) is 24.3 Å². The standard InChI is InChI=1S/C16H26N2O/c1-3-18(13-14-8-9-14)10-11-19-16-7-5-4-6-15(16)12-17-2/h4-7,14,17H,3,8-13H2,1-2H3. The number of rotatable bonds is 9. The summed E-state index contributed by atoms with van der Waals surface area (Å²) in [5.74, 6) is 1.97. The Kier molecular flexibility index (Phi) is 5.67. The maximum atomic E-state index is 5.94. The number of nitrogens with one attached hydrogen (secondary N) is 1. The van der Waals surface area contributed by atoms with Gasteiger partial charge in [0.1, 0.15) is 12.4 Å². The highest BCUT2D eigenvalue weighted by atomic mass is 16.5. The fraction of sp³-hybridized carbons (Fsp3) is 0.625. The van der Waals surface area contributed by atoms with Crippen LogP contribution in [0.3, 0.4) is 0 Å². The maximum absolute atomic E-state index is 5.94. The van der Waals surface area contributed by atoms with Crippen LogP contribution in [0.25, 0.3) is 0 Å². The van der Waals surface area contributed by atoms with E-state index in [0.717, 1.165) is 37.9 Å². The third kappa shape index (κ3) is 4.84. The van der Waals surface area contributed by atoms with E-state index in [9.17, 15) is 0 Å². The average Bonchev–Trinajstić information content (AvgIpc) is 3.24. The van der Waals surface area contributed by atoms with E-state index in [1.165, 1.54) is 24.9 Å². The molecule has 1 saturated carbocycles. The molecule has 1 aromatic rings. The molecule has 0 spiro atoms. The molecule has 3 nitrogen and oxygen atoms in total. The first-order chi connectivity index (χ1) is 9.33. The van der Waals surface area contributed by atoms with Crippen molar-refractivity contribution in [2.45, 2.75) is 26.3 Å². The van der Waals surface area contributed by atoms with Gasteiger partial charge >= 0.3 is 0 Å². The van der Waals surface area contributed by atoms with Crippen LogP contribution >= 0.6 is 0 Å². The van der Waals surface area contributed by atoms with E-state index in [1.807, 2.05) is 13.1 Å². The van der Waals surface area contributed by atoms with Crippen LogP contribution in [0.4, 0.5) is 0 Å². The molecular weight excluding hydrogens is 236 g/mol. The van der Waals surface area contributed by atoms with Crippen LogP contribution in [-0.2, 0) is 6.54 Å². The highest BCUT2D eigenvalue weighted by molar-refractivity contribution is 5.33. The lowest BCUT2D eigenvalue weighted by molar-refractivity contribution is 0.209. The summed E-state index contributed by atoms with van der Waals surface area (Å²) in [4.78, 5) is 2.50. The van der Waals surface area contributed by atoms with Crippen molar-refractivity contribution in [1.29, 1.82) is 0 Å². The lowest BCUT2D eigenvalue weighted by Gasteiger charge is -2.20. The third-order valence-corrected chi connectivity index (χ3v) is 3.67. The predicted octanol–water partition coefficient (Wildman–Crippen LogP) is 2.52. The Morgan fingerprint density at radius 3 is 2.79 bits per heavy atom. The molecule has 3 heteroatoms. The van der Waals surface area contributed by atoms with Crippen LogP contribution < -0.4 is 10.1 Å². The summed E-state index contributed by atoms with van der Waals surface area (Å²) in [6.45, 7) is 7.27. The molecule has 0 aliphatic heterocycles. The molecule has 19 heavy (non-hydrogen) atoms. The van der Waals surface area contributed by atoms with E-state index in [2.05, 4.69) is 35.3 Å². The van der Waals surface area contributed by atoms with E-state index in [0.29, 0.717) is 0 Å². The molecule has 0 amide bonds. The minimum atomic E-state index is 0.779. The van der Waals surface area contributed by atoms with Crippen molar-refractivity contribution in [1.82, 2.24) is 10.2 Å². The normalized spacial score (nSPS) is 14.9. The minimum Gasteiger partial charge on any atom is -0.492 e.